The predicted molar refractivity (Wildman–Crippen MR) is 114 cm³/mol. The van der Waals surface area contributed by atoms with Gasteiger partial charge in [0.15, 0.2) is 0 Å². The third kappa shape index (κ3) is 2.89. The molecule has 4 aliphatic carbocycles. The summed E-state index contributed by atoms with van der Waals surface area (Å²) in [5, 5.41) is 10.7. The van der Waals surface area contributed by atoms with Crippen LogP contribution in [0.5, 0.6) is 0 Å². The quantitative estimate of drug-likeness (QED) is 0.517. The highest BCUT2D eigenvalue weighted by Crippen LogP contribution is 2.69. The third-order valence-electron chi connectivity index (χ3n) is 10.8. The number of rotatable bonds is 2. The van der Waals surface area contributed by atoms with Gasteiger partial charge in [0.2, 0.25) is 0 Å². The van der Waals surface area contributed by atoms with Gasteiger partial charge in [-0.1, -0.05) is 53.0 Å². The number of aliphatic hydroxyl groups is 1. The van der Waals surface area contributed by atoms with Crippen LogP contribution in [0.4, 0.5) is 0 Å². The molecule has 9 atom stereocenters. The fourth-order valence-corrected chi connectivity index (χ4v) is 9.18. The molecule has 0 aromatic rings. The van der Waals surface area contributed by atoms with Crippen LogP contribution in [0.2, 0.25) is 0 Å². The molecule has 0 aliphatic heterocycles. The maximum absolute atomic E-state index is 10.7. The average Bonchev–Trinajstić information content (AvgIpc) is 2.75. The van der Waals surface area contributed by atoms with E-state index in [0.29, 0.717) is 22.2 Å². The van der Waals surface area contributed by atoms with Crippen LogP contribution in [0.15, 0.2) is 12.7 Å². The normalized spacial score (nSPS) is 54.0. The Bertz CT molecular complexity index is 569. The molecule has 0 amide bonds. The zero-order chi connectivity index (χ0) is 19.4. The zero-order valence-corrected chi connectivity index (χ0v) is 18.5. The van der Waals surface area contributed by atoms with Crippen molar-refractivity contribution in [1.29, 1.82) is 0 Å². The van der Waals surface area contributed by atoms with Crippen molar-refractivity contribution in [3.05, 3.63) is 12.7 Å². The summed E-state index contributed by atoms with van der Waals surface area (Å²) < 4.78 is 0. The Balaban J connectivity index is 1.66. The summed E-state index contributed by atoms with van der Waals surface area (Å²) in [6, 6.07) is 0. The van der Waals surface area contributed by atoms with Gasteiger partial charge in [0.1, 0.15) is 0 Å². The van der Waals surface area contributed by atoms with Crippen molar-refractivity contribution < 1.29 is 5.11 Å². The fourth-order valence-electron chi connectivity index (χ4n) is 9.18. The first kappa shape index (κ1) is 20.0. The second kappa shape index (κ2) is 6.89. The van der Waals surface area contributed by atoms with Crippen LogP contribution >= 0.6 is 0 Å². The molecule has 0 spiro atoms. The lowest BCUT2D eigenvalue weighted by Crippen LogP contribution is -2.58. The molecule has 27 heavy (non-hydrogen) atoms. The van der Waals surface area contributed by atoms with E-state index in [0.717, 1.165) is 23.7 Å². The van der Waals surface area contributed by atoms with Crippen molar-refractivity contribution in [2.24, 2.45) is 45.8 Å². The van der Waals surface area contributed by atoms with E-state index in [-0.39, 0.29) is 6.10 Å². The highest BCUT2D eigenvalue weighted by atomic mass is 16.3. The number of hydrogen-bond donors (Lipinski definition) is 1. The van der Waals surface area contributed by atoms with E-state index >= 15 is 0 Å². The molecule has 0 heterocycles. The van der Waals surface area contributed by atoms with Crippen molar-refractivity contribution in [2.45, 2.75) is 104 Å². The van der Waals surface area contributed by atoms with Gasteiger partial charge in [-0.15, -0.1) is 6.58 Å². The first-order valence-electron chi connectivity index (χ1n) is 12.1. The molecule has 4 saturated carbocycles. The molecule has 8 unspecified atom stereocenters. The lowest BCUT2D eigenvalue weighted by Gasteiger charge is -2.65. The Labute approximate surface area is 168 Å². The summed E-state index contributed by atoms with van der Waals surface area (Å²) in [6.07, 6.45) is 16.8. The molecule has 0 saturated heterocycles. The molecule has 4 aliphatic rings. The van der Waals surface area contributed by atoms with Gasteiger partial charge in [-0.25, -0.2) is 0 Å². The highest BCUT2D eigenvalue weighted by molar-refractivity contribution is 5.12. The minimum atomic E-state index is -0.308. The SMILES string of the molecule is C=CC(O)C1CCCC2C3CC[C@]4(C)CC(C)CCCC4(C)C3CCC12C. The van der Waals surface area contributed by atoms with Gasteiger partial charge in [0, 0.05) is 0 Å². The van der Waals surface area contributed by atoms with E-state index in [1.807, 2.05) is 6.08 Å². The van der Waals surface area contributed by atoms with Gasteiger partial charge in [-0.2, -0.15) is 0 Å². The molecule has 0 radical (unpaired) electrons. The molecular formula is C26H44O. The van der Waals surface area contributed by atoms with Crippen LogP contribution in [0, 0.1) is 45.8 Å². The third-order valence-corrected chi connectivity index (χ3v) is 10.8. The lowest BCUT2D eigenvalue weighted by atomic mass is 9.39. The van der Waals surface area contributed by atoms with E-state index in [9.17, 15) is 5.11 Å². The summed E-state index contributed by atoms with van der Waals surface area (Å²) in [4.78, 5) is 0. The topological polar surface area (TPSA) is 20.2 Å². The van der Waals surface area contributed by atoms with Gasteiger partial charge < -0.3 is 5.11 Å². The molecule has 1 heteroatoms. The fraction of sp³-hybridized carbons (Fsp3) is 0.923. The van der Waals surface area contributed by atoms with Crippen LogP contribution in [0.3, 0.4) is 0 Å². The van der Waals surface area contributed by atoms with Crippen LogP contribution < -0.4 is 0 Å². The van der Waals surface area contributed by atoms with Gasteiger partial charge in [0.05, 0.1) is 6.10 Å². The maximum Gasteiger partial charge on any atom is 0.0751 e. The molecule has 0 aromatic heterocycles. The molecule has 0 bridgehead atoms. The highest BCUT2D eigenvalue weighted by Gasteiger charge is 2.61. The van der Waals surface area contributed by atoms with Crippen LogP contribution in [-0.4, -0.2) is 11.2 Å². The second-order valence-corrected chi connectivity index (χ2v) is 11.9. The van der Waals surface area contributed by atoms with Crippen molar-refractivity contribution in [2.75, 3.05) is 0 Å². The first-order valence-corrected chi connectivity index (χ1v) is 12.1. The predicted octanol–water partition coefficient (Wildman–Crippen LogP) is 7.00. The van der Waals surface area contributed by atoms with Crippen molar-refractivity contribution in [1.82, 2.24) is 0 Å². The standard InChI is InChI=1S/C26H44O/c1-6-23(27)22-11-7-10-20-19-12-15-24(3)17-18(2)9-8-14-26(24,5)21(19)13-16-25(20,22)4/h6,18-23,27H,1,7-17H2,2-5H3/t18?,19?,20?,21?,22?,23?,24-,25?,26?/m1/s1. The minimum absolute atomic E-state index is 0.308. The van der Waals surface area contributed by atoms with Crippen molar-refractivity contribution in [3.8, 4) is 0 Å². The molecule has 1 N–H and O–H groups in total. The molecule has 0 aromatic carbocycles. The van der Waals surface area contributed by atoms with Crippen LogP contribution in [0.25, 0.3) is 0 Å². The van der Waals surface area contributed by atoms with E-state index in [1.54, 1.807) is 0 Å². The molecule has 154 valence electrons. The van der Waals surface area contributed by atoms with Crippen LogP contribution in [0.1, 0.15) is 98.3 Å². The van der Waals surface area contributed by atoms with E-state index in [4.69, 9.17) is 0 Å². The Morgan fingerprint density at radius 1 is 0.926 bits per heavy atom. The Hall–Kier alpha value is -0.300. The van der Waals surface area contributed by atoms with E-state index in [2.05, 4.69) is 34.3 Å². The van der Waals surface area contributed by atoms with Crippen LogP contribution in [-0.2, 0) is 0 Å². The Morgan fingerprint density at radius 2 is 1.70 bits per heavy atom. The summed E-state index contributed by atoms with van der Waals surface area (Å²) >= 11 is 0. The summed E-state index contributed by atoms with van der Waals surface area (Å²) in [5.41, 5.74) is 1.41. The van der Waals surface area contributed by atoms with Gasteiger partial charge in [-0.05, 0) is 97.2 Å². The Morgan fingerprint density at radius 3 is 2.44 bits per heavy atom. The maximum atomic E-state index is 10.7. The Kier molecular flexibility index (Phi) is 5.10. The number of hydrogen-bond acceptors (Lipinski definition) is 1. The summed E-state index contributed by atoms with van der Waals surface area (Å²) in [5.74, 6) is 3.98. The molecule has 4 rings (SSSR count). The monoisotopic (exact) mass is 372 g/mol. The van der Waals surface area contributed by atoms with Crippen molar-refractivity contribution in [3.63, 3.8) is 0 Å². The summed E-state index contributed by atoms with van der Waals surface area (Å²) in [7, 11) is 0. The van der Waals surface area contributed by atoms with Gasteiger partial charge in [0.25, 0.3) is 0 Å². The largest absolute Gasteiger partial charge is 0.389 e. The van der Waals surface area contributed by atoms with Gasteiger partial charge in [-0.3, -0.25) is 0 Å². The minimum Gasteiger partial charge on any atom is -0.389 e. The lowest BCUT2D eigenvalue weighted by molar-refractivity contribution is -0.170. The van der Waals surface area contributed by atoms with E-state index < -0.39 is 0 Å². The number of fused-ring (bicyclic) bond motifs is 5. The van der Waals surface area contributed by atoms with Gasteiger partial charge >= 0.3 is 0 Å². The molecular weight excluding hydrogens is 328 g/mol. The number of aliphatic hydroxyl groups excluding tert-OH is 1. The zero-order valence-electron chi connectivity index (χ0n) is 18.5. The first-order chi connectivity index (χ1) is 12.7. The average molecular weight is 373 g/mol. The smallest absolute Gasteiger partial charge is 0.0751 e. The van der Waals surface area contributed by atoms with Crippen molar-refractivity contribution >= 4 is 0 Å². The molecule has 1 nitrogen and oxygen atoms in total. The van der Waals surface area contributed by atoms with E-state index in [1.165, 1.54) is 70.6 Å². The summed E-state index contributed by atoms with van der Waals surface area (Å²) in [6.45, 7) is 14.3. The second-order valence-electron chi connectivity index (χ2n) is 11.9. The molecule has 4 fully saturated rings.